The summed E-state index contributed by atoms with van der Waals surface area (Å²) in [7, 11) is 0. The molecule has 3 heteroatoms. The standard InChI is InChI=1S/C16H14N2O/c1-2-11-3-6-13(7-4-11)16(19)14-9-12(10-17)5-8-15(14)18/h3-9H,2,18H2,1H3. The van der Waals surface area contributed by atoms with Crippen LogP contribution in [-0.2, 0) is 6.42 Å². The number of nitrogens with two attached hydrogens (primary N) is 1. The Bertz CT molecular complexity index is 651. The maximum absolute atomic E-state index is 12.3. The molecule has 0 radical (unpaired) electrons. The predicted octanol–water partition coefficient (Wildman–Crippen LogP) is 2.93. The number of anilines is 1. The fourth-order valence-corrected chi connectivity index (χ4v) is 1.87. The van der Waals surface area contributed by atoms with Gasteiger partial charge in [0.05, 0.1) is 11.6 Å². The molecule has 0 aliphatic heterocycles. The van der Waals surface area contributed by atoms with E-state index in [0.29, 0.717) is 22.4 Å². The van der Waals surface area contributed by atoms with Crippen molar-refractivity contribution in [3.8, 4) is 6.07 Å². The summed E-state index contributed by atoms with van der Waals surface area (Å²) in [5.74, 6) is -0.155. The first-order valence-electron chi connectivity index (χ1n) is 6.09. The highest BCUT2D eigenvalue weighted by Gasteiger charge is 2.13. The normalized spacial score (nSPS) is 9.89. The van der Waals surface area contributed by atoms with E-state index >= 15 is 0 Å². The molecule has 0 unspecified atom stereocenters. The van der Waals surface area contributed by atoms with Gasteiger partial charge in [0.2, 0.25) is 0 Å². The predicted molar refractivity (Wildman–Crippen MR) is 74.8 cm³/mol. The van der Waals surface area contributed by atoms with Gasteiger partial charge >= 0.3 is 0 Å². The number of hydrogen-bond acceptors (Lipinski definition) is 3. The molecule has 3 nitrogen and oxygen atoms in total. The SMILES string of the molecule is CCc1ccc(C(=O)c2cc(C#N)ccc2N)cc1. The van der Waals surface area contributed by atoms with Crippen molar-refractivity contribution >= 4 is 11.5 Å². The van der Waals surface area contributed by atoms with Crippen LogP contribution in [0.15, 0.2) is 42.5 Å². The molecule has 0 saturated carbocycles. The number of aryl methyl sites for hydroxylation is 1. The summed E-state index contributed by atoms with van der Waals surface area (Å²) in [5.41, 5.74) is 8.77. The third kappa shape index (κ3) is 2.63. The van der Waals surface area contributed by atoms with Crippen LogP contribution in [0.5, 0.6) is 0 Å². The summed E-state index contributed by atoms with van der Waals surface area (Å²) in [6.07, 6.45) is 0.931. The zero-order valence-electron chi connectivity index (χ0n) is 10.7. The van der Waals surface area contributed by atoms with Gasteiger partial charge in [0.15, 0.2) is 5.78 Å². The molecule has 0 aromatic heterocycles. The lowest BCUT2D eigenvalue weighted by molar-refractivity contribution is 0.103. The van der Waals surface area contributed by atoms with Crippen molar-refractivity contribution in [2.75, 3.05) is 5.73 Å². The molecular formula is C16H14N2O. The lowest BCUT2D eigenvalue weighted by Gasteiger charge is -2.06. The molecule has 19 heavy (non-hydrogen) atoms. The summed E-state index contributed by atoms with van der Waals surface area (Å²) >= 11 is 0. The molecule has 0 fully saturated rings. The van der Waals surface area contributed by atoms with E-state index in [9.17, 15) is 4.79 Å². The Hall–Kier alpha value is -2.60. The van der Waals surface area contributed by atoms with Crippen LogP contribution in [0, 0.1) is 11.3 Å². The van der Waals surface area contributed by atoms with Crippen LogP contribution in [-0.4, -0.2) is 5.78 Å². The van der Waals surface area contributed by atoms with Crippen molar-refractivity contribution in [2.24, 2.45) is 0 Å². The third-order valence-electron chi connectivity index (χ3n) is 3.05. The van der Waals surface area contributed by atoms with Crippen molar-refractivity contribution in [1.29, 1.82) is 5.26 Å². The van der Waals surface area contributed by atoms with Crippen LogP contribution in [0.3, 0.4) is 0 Å². The zero-order valence-corrected chi connectivity index (χ0v) is 10.7. The molecule has 0 aliphatic carbocycles. The average Bonchev–Trinajstić information content (AvgIpc) is 2.47. The van der Waals surface area contributed by atoms with E-state index in [-0.39, 0.29) is 5.78 Å². The fourth-order valence-electron chi connectivity index (χ4n) is 1.87. The number of ketones is 1. The third-order valence-corrected chi connectivity index (χ3v) is 3.05. The minimum absolute atomic E-state index is 0.155. The Balaban J connectivity index is 2.40. The minimum atomic E-state index is -0.155. The van der Waals surface area contributed by atoms with Crippen LogP contribution in [0.2, 0.25) is 0 Å². The van der Waals surface area contributed by atoms with Crippen molar-refractivity contribution in [3.63, 3.8) is 0 Å². The first kappa shape index (κ1) is 12.8. The van der Waals surface area contributed by atoms with E-state index in [2.05, 4.69) is 6.92 Å². The van der Waals surface area contributed by atoms with E-state index in [1.54, 1.807) is 24.3 Å². The molecule has 0 aliphatic rings. The highest BCUT2D eigenvalue weighted by Crippen LogP contribution is 2.18. The Labute approximate surface area is 112 Å². The minimum Gasteiger partial charge on any atom is -0.398 e. The van der Waals surface area contributed by atoms with Gasteiger partial charge in [0, 0.05) is 16.8 Å². The lowest BCUT2D eigenvalue weighted by Crippen LogP contribution is -2.06. The van der Waals surface area contributed by atoms with Gasteiger partial charge in [-0.25, -0.2) is 0 Å². The van der Waals surface area contributed by atoms with Crippen LogP contribution in [0.25, 0.3) is 0 Å². The van der Waals surface area contributed by atoms with E-state index in [4.69, 9.17) is 11.0 Å². The maximum atomic E-state index is 12.3. The summed E-state index contributed by atoms with van der Waals surface area (Å²) in [4.78, 5) is 12.3. The maximum Gasteiger partial charge on any atom is 0.195 e. The summed E-state index contributed by atoms with van der Waals surface area (Å²) in [6.45, 7) is 2.06. The molecule has 2 N–H and O–H groups in total. The number of carbonyl (C=O) groups excluding carboxylic acids is 1. The monoisotopic (exact) mass is 250 g/mol. The van der Waals surface area contributed by atoms with Gasteiger partial charge in [0.25, 0.3) is 0 Å². The van der Waals surface area contributed by atoms with E-state index in [0.717, 1.165) is 6.42 Å². The Morgan fingerprint density at radius 2 is 1.89 bits per heavy atom. The second-order valence-electron chi connectivity index (χ2n) is 4.29. The Morgan fingerprint density at radius 1 is 1.21 bits per heavy atom. The quantitative estimate of drug-likeness (QED) is 0.672. The number of hydrogen-bond donors (Lipinski definition) is 1. The van der Waals surface area contributed by atoms with Gasteiger partial charge in [-0.2, -0.15) is 5.26 Å². The first-order chi connectivity index (χ1) is 9.15. The van der Waals surface area contributed by atoms with E-state index in [1.165, 1.54) is 11.6 Å². The highest BCUT2D eigenvalue weighted by atomic mass is 16.1. The van der Waals surface area contributed by atoms with Crippen LogP contribution < -0.4 is 5.73 Å². The van der Waals surface area contributed by atoms with Gasteiger partial charge < -0.3 is 5.73 Å². The summed E-state index contributed by atoms with van der Waals surface area (Å²) < 4.78 is 0. The number of nitrogens with zero attached hydrogens (tertiary/aromatic N) is 1. The second kappa shape index (κ2) is 5.36. The van der Waals surface area contributed by atoms with Crippen molar-refractivity contribution in [3.05, 3.63) is 64.7 Å². The lowest BCUT2D eigenvalue weighted by atomic mass is 9.98. The molecule has 2 rings (SSSR count). The van der Waals surface area contributed by atoms with Crippen molar-refractivity contribution in [2.45, 2.75) is 13.3 Å². The first-order valence-corrected chi connectivity index (χ1v) is 6.09. The van der Waals surface area contributed by atoms with Crippen molar-refractivity contribution < 1.29 is 4.79 Å². The van der Waals surface area contributed by atoms with Gasteiger partial charge in [-0.05, 0) is 30.2 Å². The number of carbonyl (C=O) groups is 1. The smallest absolute Gasteiger partial charge is 0.195 e. The largest absolute Gasteiger partial charge is 0.398 e. The van der Waals surface area contributed by atoms with E-state index < -0.39 is 0 Å². The van der Waals surface area contributed by atoms with Gasteiger partial charge in [-0.3, -0.25) is 4.79 Å². The molecule has 0 saturated heterocycles. The molecule has 2 aromatic rings. The highest BCUT2D eigenvalue weighted by molar-refractivity contribution is 6.12. The number of nitriles is 1. The zero-order chi connectivity index (χ0) is 13.8. The molecular weight excluding hydrogens is 236 g/mol. The molecule has 94 valence electrons. The molecule has 0 spiro atoms. The second-order valence-corrected chi connectivity index (χ2v) is 4.29. The summed E-state index contributed by atoms with van der Waals surface area (Å²) in [5, 5.41) is 8.87. The van der Waals surface area contributed by atoms with E-state index in [1.807, 2.05) is 18.2 Å². The fraction of sp³-hybridized carbons (Fsp3) is 0.125. The van der Waals surface area contributed by atoms with Gasteiger partial charge in [-0.15, -0.1) is 0 Å². The van der Waals surface area contributed by atoms with Crippen molar-refractivity contribution in [1.82, 2.24) is 0 Å². The Morgan fingerprint density at radius 3 is 2.47 bits per heavy atom. The molecule has 0 bridgehead atoms. The number of rotatable bonds is 3. The van der Waals surface area contributed by atoms with Gasteiger partial charge in [0.1, 0.15) is 0 Å². The number of nitrogen functional groups attached to an aromatic ring is 1. The topological polar surface area (TPSA) is 66.9 Å². The van der Waals surface area contributed by atoms with Crippen LogP contribution >= 0.6 is 0 Å². The summed E-state index contributed by atoms with van der Waals surface area (Å²) in [6, 6.07) is 14.2. The van der Waals surface area contributed by atoms with Crippen LogP contribution in [0.1, 0.15) is 34.0 Å². The average molecular weight is 250 g/mol. The van der Waals surface area contributed by atoms with Crippen LogP contribution in [0.4, 0.5) is 5.69 Å². The Kier molecular flexibility index (Phi) is 3.63. The molecule has 0 amide bonds. The molecule has 0 heterocycles. The molecule has 0 atom stereocenters. The molecule has 2 aromatic carbocycles. The van der Waals surface area contributed by atoms with Gasteiger partial charge in [-0.1, -0.05) is 31.2 Å². The number of benzene rings is 2.